The van der Waals surface area contributed by atoms with Gasteiger partial charge in [0.05, 0.1) is 11.4 Å². The van der Waals surface area contributed by atoms with Gasteiger partial charge in [-0.25, -0.2) is 18.4 Å². The molecule has 1 aliphatic rings. The second-order valence-corrected chi connectivity index (χ2v) is 8.38. The molecule has 1 aliphatic heterocycles. The van der Waals surface area contributed by atoms with Crippen molar-refractivity contribution in [2.75, 3.05) is 48.3 Å². The lowest BCUT2D eigenvalue weighted by atomic mass is 10.1. The fourth-order valence-corrected chi connectivity index (χ4v) is 4.14. The Labute approximate surface area is 153 Å². The molecule has 4 N–H and O–H groups in total. The number of aryl methyl sites for hydroxylation is 1. The summed E-state index contributed by atoms with van der Waals surface area (Å²) in [5.41, 5.74) is 14.0. The first-order chi connectivity index (χ1) is 12.3. The second-order valence-electron chi connectivity index (χ2n) is 6.12. The number of nitrogens with two attached hydrogens (primary N) is 2. The van der Waals surface area contributed by atoms with E-state index >= 15 is 0 Å². The molecule has 140 valence electrons. The first-order valence-corrected chi connectivity index (χ1v) is 10.0. The first-order valence-electron chi connectivity index (χ1n) is 8.40. The van der Waals surface area contributed by atoms with Crippen molar-refractivity contribution >= 4 is 27.6 Å². The minimum absolute atomic E-state index is 0.106. The van der Waals surface area contributed by atoms with Crippen LogP contribution in [0.5, 0.6) is 0 Å². The predicted octanol–water partition coefficient (Wildman–Crippen LogP) is 0.483. The SMILES string of the molecule is CCS(=O)(=O)N1CCN(c2nc(N)nc(C)c2-c2ccc(N)nc2)CC1. The van der Waals surface area contributed by atoms with E-state index in [1.807, 2.05) is 17.9 Å². The third-order valence-corrected chi connectivity index (χ3v) is 6.34. The number of nitrogens with zero attached hydrogens (tertiary/aromatic N) is 5. The maximum atomic E-state index is 12.1. The molecular weight excluding hydrogens is 354 g/mol. The zero-order valence-electron chi connectivity index (χ0n) is 14.9. The van der Waals surface area contributed by atoms with Gasteiger partial charge in [-0.2, -0.15) is 9.29 Å². The summed E-state index contributed by atoms with van der Waals surface area (Å²) in [4.78, 5) is 14.9. The Kier molecular flexibility index (Phi) is 4.97. The lowest BCUT2D eigenvalue weighted by molar-refractivity contribution is 0.384. The molecular formula is C16H23N7O2S. The van der Waals surface area contributed by atoms with Gasteiger partial charge in [0, 0.05) is 43.5 Å². The highest BCUT2D eigenvalue weighted by molar-refractivity contribution is 7.89. The average molecular weight is 377 g/mol. The summed E-state index contributed by atoms with van der Waals surface area (Å²) >= 11 is 0. The number of aromatic nitrogens is 3. The van der Waals surface area contributed by atoms with Gasteiger partial charge in [0.25, 0.3) is 0 Å². The molecule has 2 aromatic rings. The maximum absolute atomic E-state index is 12.1. The van der Waals surface area contributed by atoms with Crippen molar-refractivity contribution in [2.24, 2.45) is 0 Å². The van der Waals surface area contributed by atoms with Crippen molar-refractivity contribution in [3.63, 3.8) is 0 Å². The zero-order valence-corrected chi connectivity index (χ0v) is 15.7. The fourth-order valence-electron chi connectivity index (χ4n) is 3.06. The van der Waals surface area contributed by atoms with E-state index in [2.05, 4.69) is 15.0 Å². The lowest BCUT2D eigenvalue weighted by Gasteiger charge is -2.35. The van der Waals surface area contributed by atoms with Crippen molar-refractivity contribution in [3.05, 3.63) is 24.0 Å². The quantitative estimate of drug-likeness (QED) is 0.786. The van der Waals surface area contributed by atoms with E-state index in [1.165, 1.54) is 4.31 Å². The Morgan fingerprint density at radius 2 is 1.81 bits per heavy atom. The first kappa shape index (κ1) is 18.3. The highest BCUT2D eigenvalue weighted by Gasteiger charge is 2.28. The number of piperazine rings is 1. The van der Waals surface area contributed by atoms with Crippen molar-refractivity contribution in [2.45, 2.75) is 13.8 Å². The molecule has 3 heterocycles. The molecule has 0 spiro atoms. The molecule has 0 aromatic carbocycles. The van der Waals surface area contributed by atoms with E-state index in [-0.39, 0.29) is 11.7 Å². The molecule has 0 unspecified atom stereocenters. The standard InChI is InChI=1S/C16H23N7O2S/c1-3-26(24,25)23-8-6-22(7-9-23)15-14(11(2)20-16(18)21-15)12-4-5-13(17)19-10-12/h4-5,10H,3,6-9H2,1-2H3,(H2,17,19)(H2,18,20,21). The van der Waals surface area contributed by atoms with Crippen molar-refractivity contribution in [3.8, 4) is 11.1 Å². The molecule has 9 nitrogen and oxygen atoms in total. The number of rotatable bonds is 4. The Balaban J connectivity index is 1.95. The zero-order chi connectivity index (χ0) is 18.9. The second kappa shape index (κ2) is 7.04. The fraction of sp³-hybridized carbons (Fsp3) is 0.438. The van der Waals surface area contributed by atoms with E-state index < -0.39 is 10.0 Å². The van der Waals surface area contributed by atoms with Crippen molar-refractivity contribution in [1.29, 1.82) is 0 Å². The lowest BCUT2D eigenvalue weighted by Crippen LogP contribution is -2.49. The Hall–Kier alpha value is -2.46. The Morgan fingerprint density at radius 3 is 2.38 bits per heavy atom. The molecule has 10 heteroatoms. The monoisotopic (exact) mass is 377 g/mol. The summed E-state index contributed by atoms with van der Waals surface area (Å²) in [5, 5.41) is 0. The number of hydrogen-bond donors (Lipinski definition) is 2. The van der Waals surface area contributed by atoms with Gasteiger partial charge in [-0.1, -0.05) is 0 Å². The van der Waals surface area contributed by atoms with Crippen LogP contribution >= 0.6 is 0 Å². The van der Waals surface area contributed by atoms with Crippen LogP contribution in [0.3, 0.4) is 0 Å². The van der Waals surface area contributed by atoms with Gasteiger partial charge >= 0.3 is 0 Å². The van der Waals surface area contributed by atoms with Crippen molar-refractivity contribution in [1.82, 2.24) is 19.3 Å². The smallest absolute Gasteiger partial charge is 0.222 e. The number of hydrogen-bond acceptors (Lipinski definition) is 8. The molecule has 1 fully saturated rings. The summed E-state index contributed by atoms with van der Waals surface area (Å²) in [6.07, 6.45) is 1.68. The van der Waals surface area contributed by atoms with E-state index in [0.717, 1.165) is 16.8 Å². The van der Waals surface area contributed by atoms with Crippen LogP contribution in [-0.2, 0) is 10.0 Å². The number of pyridine rings is 1. The number of sulfonamides is 1. The van der Waals surface area contributed by atoms with Crippen LogP contribution in [-0.4, -0.2) is 59.6 Å². The molecule has 0 atom stereocenters. The molecule has 3 rings (SSSR count). The third-order valence-electron chi connectivity index (χ3n) is 4.46. The van der Waals surface area contributed by atoms with E-state index in [9.17, 15) is 8.42 Å². The molecule has 1 saturated heterocycles. The Morgan fingerprint density at radius 1 is 1.12 bits per heavy atom. The highest BCUT2D eigenvalue weighted by Crippen LogP contribution is 2.32. The van der Waals surface area contributed by atoms with Gasteiger partial charge in [0.15, 0.2) is 0 Å². The normalized spacial score (nSPS) is 16.0. The van der Waals surface area contributed by atoms with Gasteiger partial charge in [-0.15, -0.1) is 0 Å². The topological polar surface area (TPSA) is 131 Å². The minimum atomic E-state index is -3.18. The largest absolute Gasteiger partial charge is 0.384 e. The molecule has 0 radical (unpaired) electrons. The summed E-state index contributed by atoms with van der Waals surface area (Å²) < 4.78 is 25.7. The average Bonchev–Trinajstić information content (AvgIpc) is 2.62. The molecule has 0 aliphatic carbocycles. The Bertz CT molecular complexity index is 892. The summed E-state index contributed by atoms with van der Waals surface area (Å²) in [6.45, 7) is 5.42. The van der Waals surface area contributed by atoms with Crippen LogP contribution in [0, 0.1) is 6.92 Å². The van der Waals surface area contributed by atoms with E-state index in [4.69, 9.17) is 11.5 Å². The van der Waals surface area contributed by atoms with Crippen LogP contribution in [0.1, 0.15) is 12.6 Å². The number of anilines is 3. The maximum Gasteiger partial charge on any atom is 0.222 e. The number of nitrogen functional groups attached to an aromatic ring is 2. The van der Waals surface area contributed by atoms with E-state index in [1.54, 1.807) is 19.2 Å². The van der Waals surface area contributed by atoms with Gasteiger partial charge in [0.1, 0.15) is 11.6 Å². The highest BCUT2D eigenvalue weighted by atomic mass is 32.2. The predicted molar refractivity (Wildman–Crippen MR) is 102 cm³/mol. The summed E-state index contributed by atoms with van der Waals surface area (Å²) in [7, 11) is -3.18. The van der Waals surface area contributed by atoms with Gasteiger partial charge in [-0.05, 0) is 26.0 Å². The third kappa shape index (κ3) is 3.56. The van der Waals surface area contributed by atoms with Crippen LogP contribution in [0.4, 0.5) is 17.6 Å². The van der Waals surface area contributed by atoms with E-state index in [0.29, 0.717) is 37.8 Å². The summed E-state index contributed by atoms with van der Waals surface area (Å²) in [6, 6.07) is 3.59. The van der Waals surface area contributed by atoms with Crippen LogP contribution < -0.4 is 16.4 Å². The van der Waals surface area contributed by atoms with Gasteiger partial charge < -0.3 is 16.4 Å². The minimum Gasteiger partial charge on any atom is -0.384 e. The molecule has 2 aromatic heterocycles. The van der Waals surface area contributed by atoms with Crippen LogP contribution in [0.15, 0.2) is 18.3 Å². The van der Waals surface area contributed by atoms with Crippen LogP contribution in [0.2, 0.25) is 0 Å². The summed E-state index contributed by atoms with van der Waals surface area (Å²) in [5.74, 6) is 1.42. The molecule has 0 amide bonds. The molecule has 0 bridgehead atoms. The molecule has 26 heavy (non-hydrogen) atoms. The van der Waals surface area contributed by atoms with Crippen LogP contribution in [0.25, 0.3) is 11.1 Å². The van der Waals surface area contributed by atoms with Crippen molar-refractivity contribution < 1.29 is 8.42 Å². The molecule has 0 saturated carbocycles. The van der Waals surface area contributed by atoms with Gasteiger partial charge in [0.2, 0.25) is 16.0 Å². The van der Waals surface area contributed by atoms with Gasteiger partial charge in [-0.3, -0.25) is 0 Å².